The minimum Gasteiger partial charge on any atom is -0.103 e. The van der Waals surface area contributed by atoms with Gasteiger partial charge in [-0.05, 0) is 45.4 Å². The fraction of sp³-hybridized carbons (Fsp3) is 0.765. The van der Waals surface area contributed by atoms with Gasteiger partial charge in [-0.2, -0.15) is 0 Å². The van der Waals surface area contributed by atoms with Gasteiger partial charge in [0.2, 0.25) is 0 Å². The first-order valence-corrected chi connectivity index (χ1v) is 7.48. The lowest BCUT2D eigenvalue weighted by molar-refractivity contribution is 0.491. The maximum Gasteiger partial charge on any atom is -0.0236 e. The summed E-state index contributed by atoms with van der Waals surface area (Å²) >= 11 is 0. The molecule has 1 atom stereocenters. The predicted octanol–water partition coefficient (Wildman–Crippen LogP) is 6.29. The summed E-state index contributed by atoms with van der Waals surface area (Å²) in [4.78, 5) is 0. The van der Waals surface area contributed by atoms with Crippen LogP contribution in [0, 0.1) is 5.92 Å². The van der Waals surface area contributed by atoms with Gasteiger partial charge >= 0.3 is 0 Å². The fourth-order valence-corrected chi connectivity index (χ4v) is 2.24. The maximum atomic E-state index is 3.93. The van der Waals surface area contributed by atoms with Crippen LogP contribution in [0.1, 0.15) is 78.6 Å². The molecule has 0 aromatic rings. The van der Waals surface area contributed by atoms with Crippen molar-refractivity contribution in [3.63, 3.8) is 0 Å². The van der Waals surface area contributed by atoms with Crippen molar-refractivity contribution >= 4 is 0 Å². The van der Waals surface area contributed by atoms with Crippen molar-refractivity contribution in [1.82, 2.24) is 0 Å². The molecule has 0 aliphatic rings. The van der Waals surface area contributed by atoms with Crippen molar-refractivity contribution in [3.05, 3.63) is 24.3 Å². The lowest BCUT2D eigenvalue weighted by atomic mass is 9.96. The third-order valence-electron chi connectivity index (χ3n) is 3.63. The van der Waals surface area contributed by atoms with Gasteiger partial charge in [0.1, 0.15) is 0 Å². The second kappa shape index (κ2) is 12.0. The average Bonchev–Trinajstić information content (AvgIpc) is 2.35. The van der Waals surface area contributed by atoms with E-state index in [1.54, 1.807) is 5.57 Å². The molecular formula is C17H32. The monoisotopic (exact) mass is 236 g/mol. The molecule has 0 aliphatic heterocycles. The topological polar surface area (TPSA) is 0 Å². The van der Waals surface area contributed by atoms with E-state index in [-0.39, 0.29) is 0 Å². The zero-order chi connectivity index (χ0) is 12.9. The summed E-state index contributed by atoms with van der Waals surface area (Å²) in [7, 11) is 0. The Bertz CT molecular complexity index is 200. The van der Waals surface area contributed by atoms with Gasteiger partial charge in [-0.25, -0.2) is 0 Å². The van der Waals surface area contributed by atoms with Crippen LogP contribution < -0.4 is 0 Å². The lowest BCUT2D eigenvalue weighted by Crippen LogP contribution is -1.95. The third kappa shape index (κ3) is 10.4. The molecule has 0 aliphatic carbocycles. The van der Waals surface area contributed by atoms with Gasteiger partial charge < -0.3 is 0 Å². The molecule has 0 aromatic carbocycles. The molecule has 0 heterocycles. The predicted molar refractivity (Wildman–Crippen MR) is 80.3 cm³/mol. The Morgan fingerprint density at radius 2 is 1.71 bits per heavy atom. The van der Waals surface area contributed by atoms with E-state index in [1.807, 2.05) is 0 Å². The molecular weight excluding hydrogens is 204 g/mol. The molecule has 0 heteroatoms. The summed E-state index contributed by atoms with van der Waals surface area (Å²) in [5.41, 5.74) is 1.54. The third-order valence-corrected chi connectivity index (χ3v) is 3.63. The SMILES string of the molecule is C=CC(CCC)CCCCCCCC(C)=CC. The standard InChI is InChI=1S/C17H32/c1-5-13-17(7-3)15-12-10-8-9-11-14-16(4)6-2/h6-7,17H,3,5,8-15H2,1-2,4H3. The molecule has 0 N–H and O–H groups in total. The summed E-state index contributed by atoms with van der Waals surface area (Å²) in [6, 6.07) is 0. The van der Waals surface area contributed by atoms with Crippen molar-refractivity contribution in [2.24, 2.45) is 5.92 Å². The van der Waals surface area contributed by atoms with Crippen molar-refractivity contribution in [2.75, 3.05) is 0 Å². The summed E-state index contributed by atoms with van der Waals surface area (Å²) in [5, 5.41) is 0. The highest BCUT2D eigenvalue weighted by Crippen LogP contribution is 2.17. The van der Waals surface area contributed by atoms with E-state index >= 15 is 0 Å². The molecule has 0 rings (SSSR count). The van der Waals surface area contributed by atoms with Crippen LogP contribution in [0.4, 0.5) is 0 Å². The Morgan fingerprint density at radius 3 is 2.29 bits per heavy atom. The van der Waals surface area contributed by atoms with Gasteiger partial charge in [-0.3, -0.25) is 0 Å². The van der Waals surface area contributed by atoms with Gasteiger partial charge in [-0.1, -0.05) is 56.8 Å². The molecule has 100 valence electrons. The molecule has 0 spiro atoms. The van der Waals surface area contributed by atoms with E-state index in [1.165, 1.54) is 57.8 Å². The lowest BCUT2D eigenvalue weighted by Gasteiger charge is -2.10. The Labute approximate surface area is 109 Å². The van der Waals surface area contributed by atoms with Gasteiger partial charge in [-0.15, -0.1) is 6.58 Å². The van der Waals surface area contributed by atoms with Crippen LogP contribution in [0.25, 0.3) is 0 Å². The maximum absolute atomic E-state index is 3.93. The summed E-state index contributed by atoms with van der Waals surface area (Å²) in [5.74, 6) is 0.769. The zero-order valence-electron chi connectivity index (χ0n) is 12.3. The normalized spacial score (nSPS) is 13.7. The number of hydrogen-bond donors (Lipinski definition) is 0. The zero-order valence-corrected chi connectivity index (χ0v) is 12.3. The van der Waals surface area contributed by atoms with E-state index in [4.69, 9.17) is 0 Å². The molecule has 0 nitrogen and oxygen atoms in total. The Morgan fingerprint density at radius 1 is 1.06 bits per heavy atom. The van der Waals surface area contributed by atoms with E-state index in [9.17, 15) is 0 Å². The number of rotatable bonds is 11. The molecule has 0 saturated heterocycles. The highest BCUT2D eigenvalue weighted by Gasteiger charge is 2.01. The van der Waals surface area contributed by atoms with E-state index in [2.05, 4.69) is 39.5 Å². The van der Waals surface area contributed by atoms with E-state index < -0.39 is 0 Å². The fourth-order valence-electron chi connectivity index (χ4n) is 2.24. The first-order chi connectivity index (χ1) is 8.24. The van der Waals surface area contributed by atoms with Crippen molar-refractivity contribution in [2.45, 2.75) is 78.6 Å². The molecule has 0 amide bonds. The van der Waals surface area contributed by atoms with Gasteiger partial charge in [0.15, 0.2) is 0 Å². The Balaban J connectivity index is 3.31. The smallest absolute Gasteiger partial charge is 0.0236 e. The van der Waals surface area contributed by atoms with Crippen LogP contribution in [-0.2, 0) is 0 Å². The number of allylic oxidation sites excluding steroid dienone is 3. The molecule has 0 radical (unpaired) electrons. The minimum absolute atomic E-state index is 0.769. The summed E-state index contributed by atoms with van der Waals surface area (Å²) < 4.78 is 0. The average molecular weight is 236 g/mol. The van der Waals surface area contributed by atoms with Crippen LogP contribution in [0.5, 0.6) is 0 Å². The number of hydrogen-bond acceptors (Lipinski definition) is 0. The van der Waals surface area contributed by atoms with Crippen LogP contribution in [0.2, 0.25) is 0 Å². The highest BCUT2D eigenvalue weighted by molar-refractivity contribution is 4.94. The molecule has 1 unspecified atom stereocenters. The van der Waals surface area contributed by atoms with Crippen molar-refractivity contribution in [3.8, 4) is 0 Å². The first-order valence-electron chi connectivity index (χ1n) is 7.48. The first kappa shape index (κ1) is 16.5. The molecule has 0 fully saturated rings. The van der Waals surface area contributed by atoms with Gasteiger partial charge in [0, 0.05) is 0 Å². The summed E-state index contributed by atoms with van der Waals surface area (Å²) in [6.45, 7) is 10.6. The van der Waals surface area contributed by atoms with Gasteiger partial charge in [0.05, 0.1) is 0 Å². The van der Waals surface area contributed by atoms with E-state index in [0.29, 0.717) is 0 Å². The van der Waals surface area contributed by atoms with E-state index in [0.717, 1.165) is 5.92 Å². The van der Waals surface area contributed by atoms with Crippen molar-refractivity contribution in [1.29, 1.82) is 0 Å². The minimum atomic E-state index is 0.769. The number of unbranched alkanes of at least 4 members (excludes halogenated alkanes) is 4. The summed E-state index contributed by atoms with van der Waals surface area (Å²) in [6.07, 6.45) is 16.6. The Kier molecular flexibility index (Phi) is 11.6. The Hall–Kier alpha value is -0.520. The highest BCUT2D eigenvalue weighted by atomic mass is 14.1. The van der Waals surface area contributed by atoms with Crippen LogP contribution in [0.3, 0.4) is 0 Å². The molecule has 0 bridgehead atoms. The van der Waals surface area contributed by atoms with Crippen molar-refractivity contribution < 1.29 is 0 Å². The van der Waals surface area contributed by atoms with Crippen LogP contribution in [0.15, 0.2) is 24.3 Å². The molecule has 0 aromatic heterocycles. The second-order valence-corrected chi connectivity index (χ2v) is 5.23. The van der Waals surface area contributed by atoms with Gasteiger partial charge in [0.25, 0.3) is 0 Å². The van der Waals surface area contributed by atoms with Crippen LogP contribution in [-0.4, -0.2) is 0 Å². The molecule has 0 saturated carbocycles. The van der Waals surface area contributed by atoms with Crippen LogP contribution >= 0.6 is 0 Å². The molecule has 17 heavy (non-hydrogen) atoms. The second-order valence-electron chi connectivity index (χ2n) is 5.23. The quantitative estimate of drug-likeness (QED) is 0.292. The largest absolute Gasteiger partial charge is 0.103 e.